The van der Waals surface area contributed by atoms with Gasteiger partial charge in [0.2, 0.25) is 0 Å². The molecule has 2 aromatic carbocycles. The Labute approximate surface area is 179 Å². The number of hydrogen-bond acceptors (Lipinski definition) is 0. The second-order valence-electron chi connectivity index (χ2n) is 9.68. The predicted octanol–water partition coefficient (Wildman–Crippen LogP) is 8.67. The third-order valence-corrected chi connectivity index (χ3v) is 5.46. The number of halogens is 6. The van der Waals surface area contributed by atoms with E-state index in [9.17, 15) is 26.3 Å². The fraction of sp³-hybridized carbons (Fsp3) is 0.440. The second-order valence-corrected chi connectivity index (χ2v) is 9.68. The van der Waals surface area contributed by atoms with Crippen molar-refractivity contribution in [1.82, 2.24) is 0 Å². The Bertz CT molecular complexity index is 982. The molecular formula is C25H26F6. The first-order valence-electron chi connectivity index (χ1n) is 10.2. The van der Waals surface area contributed by atoms with Crippen LogP contribution < -0.4 is 0 Å². The summed E-state index contributed by atoms with van der Waals surface area (Å²) in [5, 5.41) is 0. The van der Waals surface area contributed by atoms with Crippen LogP contribution in [0.2, 0.25) is 0 Å². The van der Waals surface area contributed by atoms with Gasteiger partial charge in [-0.1, -0.05) is 58.4 Å². The maximum Gasteiger partial charge on any atom is 0.416 e. The summed E-state index contributed by atoms with van der Waals surface area (Å²) in [4.78, 5) is 0. The van der Waals surface area contributed by atoms with Crippen LogP contribution in [0.3, 0.4) is 0 Å². The van der Waals surface area contributed by atoms with Gasteiger partial charge in [-0.05, 0) is 70.2 Å². The molecule has 168 valence electrons. The van der Waals surface area contributed by atoms with Crippen LogP contribution in [0.5, 0.6) is 0 Å². The SMILES string of the molecule is CC(C)CC1=Cc2c(ccc(C(C)(C)C)c2-c2cc(C(F)(F)F)cc(C(F)(F)F)c2)C1. The van der Waals surface area contributed by atoms with Crippen LogP contribution in [0.4, 0.5) is 26.3 Å². The molecule has 1 aliphatic carbocycles. The molecule has 0 N–H and O–H groups in total. The Balaban J connectivity index is 2.35. The molecule has 31 heavy (non-hydrogen) atoms. The Morgan fingerprint density at radius 2 is 1.39 bits per heavy atom. The highest BCUT2D eigenvalue weighted by Crippen LogP contribution is 2.45. The van der Waals surface area contributed by atoms with Crippen molar-refractivity contribution in [3.8, 4) is 11.1 Å². The van der Waals surface area contributed by atoms with Crippen molar-refractivity contribution in [3.63, 3.8) is 0 Å². The van der Waals surface area contributed by atoms with E-state index in [-0.39, 0.29) is 11.6 Å². The molecule has 0 aliphatic heterocycles. The third-order valence-electron chi connectivity index (χ3n) is 5.46. The van der Waals surface area contributed by atoms with Crippen molar-refractivity contribution in [2.45, 2.75) is 65.2 Å². The lowest BCUT2D eigenvalue weighted by Crippen LogP contribution is -2.15. The third kappa shape index (κ3) is 4.99. The van der Waals surface area contributed by atoms with E-state index in [0.717, 1.165) is 40.8 Å². The normalized spacial score (nSPS) is 14.8. The smallest absolute Gasteiger partial charge is 0.166 e. The van der Waals surface area contributed by atoms with Gasteiger partial charge >= 0.3 is 12.4 Å². The van der Waals surface area contributed by atoms with Gasteiger partial charge in [-0.3, -0.25) is 0 Å². The van der Waals surface area contributed by atoms with Crippen LogP contribution in [-0.4, -0.2) is 0 Å². The summed E-state index contributed by atoms with van der Waals surface area (Å²) in [6.45, 7) is 9.88. The highest BCUT2D eigenvalue weighted by Gasteiger charge is 2.38. The van der Waals surface area contributed by atoms with Crippen LogP contribution >= 0.6 is 0 Å². The van der Waals surface area contributed by atoms with Crippen molar-refractivity contribution in [1.29, 1.82) is 0 Å². The number of benzene rings is 2. The Hall–Kier alpha value is -2.24. The van der Waals surface area contributed by atoms with Crippen LogP contribution in [-0.2, 0) is 24.2 Å². The number of alkyl halides is 6. The minimum atomic E-state index is -4.88. The van der Waals surface area contributed by atoms with E-state index < -0.39 is 28.9 Å². The highest BCUT2D eigenvalue weighted by molar-refractivity contribution is 5.84. The van der Waals surface area contributed by atoms with Gasteiger partial charge in [0.25, 0.3) is 0 Å². The minimum absolute atomic E-state index is 0.0500. The van der Waals surface area contributed by atoms with Gasteiger partial charge in [0.15, 0.2) is 0 Å². The molecule has 0 fully saturated rings. The first kappa shape index (κ1) is 23.4. The van der Waals surface area contributed by atoms with Crippen molar-refractivity contribution in [2.75, 3.05) is 0 Å². The first-order chi connectivity index (χ1) is 14.1. The molecule has 3 rings (SSSR count). The first-order valence-corrected chi connectivity index (χ1v) is 10.2. The molecular weight excluding hydrogens is 414 g/mol. The Kier molecular flexibility index (Phi) is 5.83. The Morgan fingerprint density at radius 1 is 0.839 bits per heavy atom. The molecule has 0 spiro atoms. The summed E-state index contributed by atoms with van der Waals surface area (Å²) in [6.07, 6.45) is -6.32. The number of allylic oxidation sites excluding steroid dienone is 1. The van der Waals surface area contributed by atoms with E-state index in [1.54, 1.807) is 0 Å². The van der Waals surface area contributed by atoms with E-state index in [2.05, 4.69) is 13.8 Å². The molecule has 1 aliphatic rings. The van der Waals surface area contributed by atoms with Crippen molar-refractivity contribution in [2.24, 2.45) is 5.92 Å². The molecule has 2 aromatic rings. The predicted molar refractivity (Wildman–Crippen MR) is 112 cm³/mol. The van der Waals surface area contributed by atoms with E-state index in [0.29, 0.717) is 17.9 Å². The molecule has 6 heteroatoms. The Morgan fingerprint density at radius 3 is 1.84 bits per heavy atom. The lowest BCUT2D eigenvalue weighted by atomic mass is 9.78. The monoisotopic (exact) mass is 440 g/mol. The van der Waals surface area contributed by atoms with Crippen molar-refractivity contribution >= 4 is 6.08 Å². The average Bonchev–Trinajstić information content (AvgIpc) is 2.99. The van der Waals surface area contributed by atoms with Gasteiger partial charge in [0.1, 0.15) is 0 Å². The van der Waals surface area contributed by atoms with E-state index in [4.69, 9.17) is 0 Å². The molecule has 0 nitrogen and oxygen atoms in total. The van der Waals surface area contributed by atoms with Gasteiger partial charge < -0.3 is 0 Å². The molecule has 0 heterocycles. The van der Waals surface area contributed by atoms with Gasteiger partial charge in [-0.25, -0.2) is 0 Å². The molecule has 0 saturated heterocycles. The zero-order valence-corrected chi connectivity index (χ0v) is 18.2. The molecule has 0 atom stereocenters. The zero-order chi connectivity index (χ0) is 23.4. The summed E-state index contributed by atoms with van der Waals surface area (Å²) >= 11 is 0. The summed E-state index contributed by atoms with van der Waals surface area (Å²) in [5.74, 6) is 0.400. The molecule has 0 amide bonds. The standard InChI is InChI=1S/C25H26F6/c1-14(2)8-15-9-16-6-7-21(23(3,4)5)22(20(16)10-15)17-11-18(24(26,27)28)13-19(12-17)25(29,30)31/h6-7,10-14H,8-9H2,1-5H3. The summed E-state index contributed by atoms with van der Waals surface area (Å²) in [5.41, 5.74) is 0.886. The lowest BCUT2D eigenvalue weighted by Gasteiger charge is -2.26. The number of fused-ring (bicyclic) bond motifs is 1. The molecule has 0 bridgehead atoms. The topological polar surface area (TPSA) is 0 Å². The van der Waals surface area contributed by atoms with E-state index >= 15 is 0 Å². The fourth-order valence-electron chi connectivity index (χ4n) is 4.17. The lowest BCUT2D eigenvalue weighted by molar-refractivity contribution is -0.143. The maximum absolute atomic E-state index is 13.5. The van der Waals surface area contributed by atoms with Crippen LogP contribution in [0.1, 0.15) is 68.9 Å². The van der Waals surface area contributed by atoms with Gasteiger partial charge in [-0.2, -0.15) is 26.3 Å². The summed E-state index contributed by atoms with van der Waals surface area (Å²) < 4.78 is 80.9. The van der Waals surface area contributed by atoms with Crippen LogP contribution in [0.25, 0.3) is 17.2 Å². The molecule has 0 unspecified atom stereocenters. The largest absolute Gasteiger partial charge is 0.416 e. The average molecular weight is 440 g/mol. The number of hydrogen-bond donors (Lipinski definition) is 0. The van der Waals surface area contributed by atoms with Gasteiger partial charge in [0, 0.05) is 0 Å². The van der Waals surface area contributed by atoms with E-state index in [1.807, 2.05) is 39.0 Å². The van der Waals surface area contributed by atoms with Gasteiger partial charge in [-0.15, -0.1) is 0 Å². The van der Waals surface area contributed by atoms with Crippen molar-refractivity contribution in [3.05, 3.63) is 63.7 Å². The second kappa shape index (κ2) is 7.72. The summed E-state index contributed by atoms with van der Waals surface area (Å²) in [7, 11) is 0. The maximum atomic E-state index is 13.5. The molecule has 0 aromatic heterocycles. The minimum Gasteiger partial charge on any atom is -0.166 e. The van der Waals surface area contributed by atoms with Crippen molar-refractivity contribution < 1.29 is 26.3 Å². The van der Waals surface area contributed by atoms with E-state index in [1.165, 1.54) is 0 Å². The van der Waals surface area contributed by atoms with Gasteiger partial charge in [0.05, 0.1) is 11.1 Å². The van der Waals surface area contributed by atoms with Crippen LogP contribution in [0, 0.1) is 5.92 Å². The molecule has 0 radical (unpaired) electrons. The highest BCUT2D eigenvalue weighted by atomic mass is 19.4. The van der Waals surface area contributed by atoms with Crippen LogP contribution in [0.15, 0.2) is 35.9 Å². The zero-order valence-electron chi connectivity index (χ0n) is 18.2. The summed E-state index contributed by atoms with van der Waals surface area (Å²) in [6, 6.07) is 5.65. The molecule has 0 saturated carbocycles. The fourth-order valence-corrected chi connectivity index (χ4v) is 4.17. The quantitative estimate of drug-likeness (QED) is 0.419. The number of rotatable bonds is 3.